The van der Waals surface area contributed by atoms with Gasteiger partial charge in [0.2, 0.25) is 0 Å². The summed E-state index contributed by atoms with van der Waals surface area (Å²) in [6.45, 7) is 0. The van der Waals surface area contributed by atoms with Crippen LogP contribution in [0.15, 0.2) is 73.2 Å². The van der Waals surface area contributed by atoms with Gasteiger partial charge >= 0.3 is 0 Å². The minimum Gasteiger partial charge on any atom is -0.399 e. The lowest BCUT2D eigenvalue weighted by Crippen LogP contribution is -1.81. The zero-order valence-electron chi connectivity index (χ0n) is 16.2. The minimum absolute atomic E-state index is 0.680. The molecule has 0 amide bonds. The van der Waals surface area contributed by atoms with Crippen LogP contribution in [0, 0.1) is 3.57 Å². The number of rotatable bonds is 1. The second kappa shape index (κ2) is 9.39. The van der Waals surface area contributed by atoms with E-state index in [1.54, 1.807) is 24.5 Å². The summed E-state index contributed by atoms with van der Waals surface area (Å²) >= 11 is 2.28. The molecule has 0 unspecified atom stereocenters. The number of hydrogen-bond donors (Lipinski definition) is 4. The predicted molar refractivity (Wildman–Crippen MR) is 131 cm³/mol. The van der Waals surface area contributed by atoms with Gasteiger partial charge in [-0.1, -0.05) is 0 Å². The van der Waals surface area contributed by atoms with Crippen LogP contribution in [0.4, 0.5) is 5.69 Å². The van der Waals surface area contributed by atoms with E-state index in [1.807, 2.05) is 36.5 Å². The van der Waals surface area contributed by atoms with Crippen LogP contribution >= 0.6 is 22.6 Å². The lowest BCUT2D eigenvalue weighted by Gasteiger charge is -1.89. The van der Waals surface area contributed by atoms with E-state index in [2.05, 4.69) is 65.3 Å². The summed E-state index contributed by atoms with van der Waals surface area (Å²) in [6.07, 6.45) is 6.11. The van der Waals surface area contributed by atoms with Crippen molar-refractivity contribution in [3.63, 3.8) is 0 Å². The van der Waals surface area contributed by atoms with E-state index in [1.165, 1.54) is 8.96 Å². The Morgan fingerprint density at radius 2 is 1.23 bits per heavy atom. The largest absolute Gasteiger partial charge is 0.399 e. The molecule has 31 heavy (non-hydrogen) atoms. The van der Waals surface area contributed by atoms with Crippen LogP contribution in [0.2, 0.25) is 0 Å². The number of halogens is 1. The summed E-state index contributed by atoms with van der Waals surface area (Å²) in [7, 11) is 0. The van der Waals surface area contributed by atoms with Gasteiger partial charge in [-0.2, -0.15) is 15.3 Å². The molecule has 154 valence electrons. The van der Waals surface area contributed by atoms with Crippen molar-refractivity contribution in [2.75, 3.05) is 5.73 Å². The van der Waals surface area contributed by atoms with E-state index in [-0.39, 0.29) is 0 Å². The molecule has 0 aliphatic rings. The molecule has 3 aromatic heterocycles. The van der Waals surface area contributed by atoms with Crippen molar-refractivity contribution in [1.29, 1.82) is 0 Å². The molecule has 6 aromatic rings. The van der Waals surface area contributed by atoms with Crippen molar-refractivity contribution >= 4 is 67.3 Å². The van der Waals surface area contributed by atoms with Gasteiger partial charge < -0.3 is 5.73 Å². The second-order valence-electron chi connectivity index (χ2n) is 6.65. The molecule has 0 spiro atoms. The first-order valence-electron chi connectivity index (χ1n) is 9.28. The molecule has 0 radical (unpaired) electrons. The lowest BCUT2D eigenvalue weighted by atomic mass is 10.2. The monoisotopic (exact) mass is 523 g/mol. The highest BCUT2D eigenvalue weighted by molar-refractivity contribution is 14.1. The Morgan fingerprint density at radius 3 is 1.84 bits per heavy atom. The summed E-state index contributed by atoms with van der Waals surface area (Å²) in [5.74, 6) is 0. The van der Waals surface area contributed by atoms with E-state index in [4.69, 9.17) is 5.73 Å². The molecular formula is C22H18IN7O. The molecule has 9 heteroatoms. The number of anilines is 1. The normalized spacial score (nSPS) is 10.4. The first-order chi connectivity index (χ1) is 15.1. The van der Waals surface area contributed by atoms with E-state index in [0.29, 0.717) is 5.56 Å². The van der Waals surface area contributed by atoms with E-state index < -0.39 is 0 Å². The maximum absolute atomic E-state index is 10.3. The van der Waals surface area contributed by atoms with Gasteiger partial charge in [-0.25, -0.2) is 0 Å². The number of hydrogen-bond acceptors (Lipinski definition) is 5. The predicted octanol–water partition coefficient (Wildman–Crippen LogP) is 4.69. The molecule has 3 aromatic carbocycles. The van der Waals surface area contributed by atoms with Gasteiger partial charge in [0.05, 0.1) is 35.1 Å². The van der Waals surface area contributed by atoms with Crippen molar-refractivity contribution in [1.82, 2.24) is 30.6 Å². The SMILES string of the molecule is Ic1ccc2[nH]ncc2c1.Nc1ccc2[nH]ncc2c1.O=Cc1ccc2[nH]ncc2c1. The number of nitrogens with one attached hydrogen (secondary N) is 3. The summed E-state index contributed by atoms with van der Waals surface area (Å²) in [6, 6.07) is 17.2. The number of nitrogens with two attached hydrogens (primary N) is 1. The van der Waals surface area contributed by atoms with Crippen molar-refractivity contribution in [3.05, 3.63) is 82.3 Å². The highest BCUT2D eigenvalue weighted by Crippen LogP contribution is 2.14. The van der Waals surface area contributed by atoms with Crippen molar-refractivity contribution in [3.8, 4) is 0 Å². The first-order valence-corrected chi connectivity index (χ1v) is 10.4. The number of H-pyrrole nitrogens is 3. The van der Waals surface area contributed by atoms with Crippen molar-refractivity contribution < 1.29 is 4.79 Å². The molecule has 0 aliphatic heterocycles. The molecule has 3 heterocycles. The van der Waals surface area contributed by atoms with Gasteiger partial charge in [0.1, 0.15) is 6.29 Å². The number of nitrogens with zero attached hydrogens (tertiary/aromatic N) is 3. The fourth-order valence-corrected chi connectivity index (χ4v) is 3.42. The first kappa shape index (κ1) is 20.5. The Bertz CT molecular complexity index is 1380. The Morgan fingerprint density at radius 1 is 0.710 bits per heavy atom. The Kier molecular flexibility index (Phi) is 6.22. The van der Waals surface area contributed by atoms with Crippen LogP contribution in [0.25, 0.3) is 32.7 Å². The Balaban J connectivity index is 0.000000112. The maximum Gasteiger partial charge on any atom is 0.150 e. The molecule has 0 bridgehead atoms. The fraction of sp³-hybridized carbons (Fsp3) is 0. The van der Waals surface area contributed by atoms with Crippen LogP contribution in [-0.2, 0) is 0 Å². The molecule has 0 saturated carbocycles. The van der Waals surface area contributed by atoms with Crippen LogP contribution in [0.5, 0.6) is 0 Å². The van der Waals surface area contributed by atoms with Gasteiger partial charge in [-0.05, 0) is 77.2 Å². The molecule has 0 aliphatic carbocycles. The average molecular weight is 523 g/mol. The van der Waals surface area contributed by atoms with Gasteiger partial charge in [-0.3, -0.25) is 20.1 Å². The standard InChI is InChI=1S/C8H6N2O.C7H5IN2.C7H7N3/c11-5-6-1-2-8-7(3-6)4-9-10-8;2*8-6-1-2-7-5(3-6)4-9-10-7/h1-5H,(H,9,10);1-4H,(H,9,10);1-4H,8H2,(H,9,10). The third kappa shape index (κ3) is 5.07. The van der Waals surface area contributed by atoms with Crippen molar-refractivity contribution in [2.45, 2.75) is 0 Å². The van der Waals surface area contributed by atoms with E-state index >= 15 is 0 Å². The molecule has 8 nitrogen and oxygen atoms in total. The van der Waals surface area contributed by atoms with Crippen LogP contribution in [-0.4, -0.2) is 36.9 Å². The van der Waals surface area contributed by atoms with Crippen LogP contribution < -0.4 is 5.73 Å². The molecule has 0 fully saturated rings. The summed E-state index contributed by atoms with van der Waals surface area (Å²) < 4.78 is 1.24. The molecule has 0 saturated heterocycles. The zero-order chi connectivity index (χ0) is 21.6. The molecular weight excluding hydrogens is 505 g/mol. The third-order valence-electron chi connectivity index (χ3n) is 4.47. The van der Waals surface area contributed by atoms with Gasteiger partial charge in [0, 0.05) is 31.0 Å². The Hall–Kier alpha value is -3.73. The average Bonchev–Trinajstić information content (AvgIpc) is 3.53. The third-order valence-corrected chi connectivity index (χ3v) is 5.14. The topological polar surface area (TPSA) is 129 Å². The number of aldehydes is 1. The van der Waals surface area contributed by atoms with Gasteiger partial charge in [0.25, 0.3) is 0 Å². The molecule has 0 atom stereocenters. The van der Waals surface area contributed by atoms with E-state index in [0.717, 1.165) is 39.3 Å². The highest BCUT2D eigenvalue weighted by atomic mass is 127. The summed E-state index contributed by atoms with van der Waals surface area (Å²) in [4.78, 5) is 10.3. The van der Waals surface area contributed by atoms with Gasteiger partial charge in [-0.15, -0.1) is 0 Å². The fourth-order valence-electron chi connectivity index (χ4n) is 2.91. The number of carbonyl (C=O) groups is 1. The number of fused-ring (bicyclic) bond motifs is 3. The number of aromatic nitrogens is 6. The lowest BCUT2D eigenvalue weighted by molar-refractivity contribution is 0.112. The van der Waals surface area contributed by atoms with Crippen molar-refractivity contribution in [2.24, 2.45) is 0 Å². The quantitative estimate of drug-likeness (QED) is 0.141. The highest BCUT2D eigenvalue weighted by Gasteiger charge is 1.95. The molecule has 5 N–H and O–H groups in total. The van der Waals surface area contributed by atoms with Crippen LogP contribution in [0.1, 0.15) is 10.4 Å². The number of nitrogen functional groups attached to an aromatic ring is 1. The number of aromatic amines is 3. The molecule has 6 rings (SSSR count). The Labute approximate surface area is 190 Å². The second-order valence-corrected chi connectivity index (χ2v) is 7.90. The summed E-state index contributed by atoms with van der Waals surface area (Å²) in [5, 5.41) is 23.3. The smallest absolute Gasteiger partial charge is 0.150 e. The zero-order valence-corrected chi connectivity index (χ0v) is 18.4. The maximum atomic E-state index is 10.3. The van der Waals surface area contributed by atoms with E-state index in [9.17, 15) is 4.79 Å². The number of benzene rings is 3. The van der Waals surface area contributed by atoms with Gasteiger partial charge in [0.15, 0.2) is 0 Å². The summed E-state index contributed by atoms with van der Waals surface area (Å²) in [5.41, 5.74) is 10.1. The number of carbonyl (C=O) groups excluding carboxylic acids is 1. The van der Waals surface area contributed by atoms with Crippen LogP contribution in [0.3, 0.4) is 0 Å². The minimum atomic E-state index is 0.680.